The third-order valence-electron chi connectivity index (χ3n) is 3.97. The van der Waals surface area contributed by atoms with Crippen molar-refractivity contribution in [1.29, 1.82) is 0 Å². The molecule has 0 atom stereocenters. The molecule has 1 aliphatic heterocycles. The van der Waals surface area contributed by atoms with Crippen molar-refractivity contribution in [3.63, 3.8) is 0 Å². The van der Waals surface area contributed by atoms with Gasteiger partial charge in [-0.2, -0.15) is 0 Å². The first-order valence-corrected chi connectivity index (χ1v) is 7.36. The maximum Gasteiger partial charge on any atom is 0.223 e. The van der Waals surface area contributed by atoms with Gasteiger partial charge in [0.15, 0.2) is 0 Å². The summed E-state index contributed by atoms with van der Waals surface area (Å²) in [7, 11) is 1.86. The highest BCUT2D eigenvalue weighted by atomic mass is 35.5. The molecule has 3 nitrogen and oxygen atoms in total. The number of benzene rings is 1. The number of hydrogen-bond acceptors (Lipinski definition) is 2. The van der Waals surface area contributed by atoms with Crippen molar-refractivity contribution >= 4 is 18.3 Å². The zero-order valence-electron chi connectivity index (χ0n) is 12.5. The van der Waals surface area contributed by atoms with Crippen LogP contribution in [0.25, 0.3) is 0 Å². The quantitative estimate of drug-likeness (QED) is 0.906. The fourth-order valence-corrected chi connectivity index (χ4v) is 2.77. The van der Waals surface area contributed by atoms with Crippen LogP contribution in [0.3, 0.4) is 0 Å². The molecular weight excluding hydrogens is 291 g/mol. The summed E-state index contributed by atoms with van der Waals surface area (Å²) < 4.78 is 13.1. The lowest BCUT2D eigenvalue weighted by molar-refractivity contribution is -0.132. The molecule has 0 spiro atoms. The van der Waals surface area contributed by atoms with Crippen LogP contribution in [0.2, 0.25) is 0 Å². The number of amides is 1. The van der Waals surface area contributed by atoms with E-state index in [-0.39, 0.29) is 24.1 Å². The lowest BCUT2D eigenvalue weighted by atomic mass is 9.90. The number of nitrogens with one attached hydrogen (secondary N) is 1. The normalized spacial score (nSPS) is 15.6. The maximum absolute atomic E-state index is 13.1. The van der Waals surface area contributed by atoms with E-state index in [1.807, 2.05) is 18.0 Å². The van der Waals surface area contributed by atoms with E-state index in [1.54, 1.807) is 12.1 Å². The summed E-state index contributed by atoms with van der Waals surface area (Å²) in [5, 5.41) is 3.00. The van der Waals surface area contributed by atoms with Crippen LogP contribution in [0.5, 0.6) is 0 Å². The van der Waals surface area contributed by atoms with Gasteiger partial charge in [-0.15, -0.1) is 12.4 Å². The molecule has 118 valence electrons. The predicted molar refractivity (Wildman–Crippen MR) is 85.2 cm³/mol. The van der Waals surface area contributed by atoms with Crippen LogP contribution in [0.4, 0.5) is 4.39 Å². The average molecular weight is 315 g/mol. The topological polar surface area (TPSA) is 32.3 Å². The van der Waals surface area contributed by atoms with E-state index in [0.29, 0.717) is 12.3 Å². The fraction of sp³-hybridized carbons (Fsp3) is 0.562. The Bertz CT molecular complexity index is 448. The summed E-state index contributed by atoms with van der Waals surface area (Å²) in [6.45, 7) is 2.41. The summed E-state index contributed by atoms with van der Waals surface area (Å²) in [5.41, 5.74) is 1.06. The molecule has 21 heavy (non-hydrogen) atoms. The zero-order valence-corrected chi connectivity index (χ0v) is 13.3. The van der Waals surface area contributed by atoms with Crippen molar-refractivity contribution in [3.8, 4) is 0 Å². The second-order valence-corrected chi connectivity index (χ2v) is 5.51. The summed E-state index contributed by atoms with van der Waals surface area (Å²) in [6, 6.07) is 6.84. The highest BCUT2D eigenvalue weighted by Crippen LogP contribution is 2.22. The van der Waals surface area contributed by atoms with E-state index < -0.39 is 0 Å². The molecule has 5 heteroatoms. The first-order chi connectivity index (χ1) is 9.69. The molecule has 1 N–H and O–H groups in total. The molecule has 1 saturated heterocycles. The number of carbonyl (C=O) groups is 1. The largest absolute Gasteiger partial charge is 0.343 e. The number of piperidine rings is 1. The fourth-order valence-electron chi connectivity index (χ4n) is 2.77. The smallest absolute Gasteiger partial charge is 0.223 e. The van der Waals surface area contributed by atoms with Gasteiger partial charge in [0.1, 0.15) is 5.82 Å². The van der Waals surface area contributed by atoms with Gasteiger partial charge in [-0.1, -0.05) is 12.1 Å². The first kappa shape index (κ1) is 17.9. The van der Waals surface area contributed by atoms with E-state index in [4.69, 9.17) is 0 Å². The van der Waals surface area contributed by atoms with Gasteiger partial charge >= 0.3 is 0 Å². The van der Waals surface area contributed by atoms with Crippen LogP contribution in [-0.4, -0.2) is 37.5 Å². The lowest BCUT2D eigenvalue weighted by Gasteiger charge is -2.32. The number of nitrogens with zero attached hydrogens (tertiary/aromatic N) is 1. The van der Waals surface area contributed by atoms with Crippen LogP contribution in [0, 0.1) is 11.7 Å². The van der Waals surface area contributed by atoms with Gasteiger partial charge in [0.2, 0.25) is 5.91 Å². The molecular formula is C16H24ClFN2O. The molecule has 0 aromatic heterocycles. The molecule has 1 aliphatic rings. The third kappa shape index (κ3) is 5.64. The number of halogens is 2. The average Bonchev–Trinajstić information content (AvgIpc) is 2.45. The van der Waals surface area contributed by atoms with Crippen LogP contribution in [0.15, 0.2) is 24.3 Å². The van der Waals surface area contributed by atoms with Crippen LogP contribution in [-0.2, 0) is 11.2 Å². The Balaban J connectivity index is 0.00000220. The summed E-state index contributed by atoms with van der Waals surface area (Å²) in [4.78, 5) is 13.9. The lowest BCUT2D eigenvalue weighted by Crippen LogP contribution is -2.39. The Morgan fingerprint density at radius 2 is 2.10 bits per heavy atom. The molecule has 1 fully saturated rings. The monoisotopic (exact) mass is 314 g/mol. The van der Waals surface area contributed by atoms with Crippen molar-refractivity contribution in [2.75, 3.05) is 26.7 Å². The minimum Gasteiger partial charge on any atom is -0.343 e. The summed E-state index contributed by atoms with van der Waals surface area (Å²) in [6.07, 6.45) is 3.52. The van der Waals surface area contributed by atoms with Crippen LogP contribution < -0.4 is 5.32 Å². The molecule has 0 saturated carbocycles. The van der Waals surface area contributed by atoms with Gasteiger partial charge in [-0.25, -0.2) is 4.39 Å². The number of hydrogen-bond donors (Lipinski definition) is 1. The Kier molecular flexibility index (Phi) is 7.68. The van der Waals surface area contributed by atoms with Gasteiger partial charge in [0, 0.05) is 26.1 Å². The highest BCUT2D eigenvalue weighted by Gasteiger charge is 2.22. The zero-order chi connectivity index (χ0) is 14.4. The van der Waals surface area contributed by atoms with E-state index in [0.717, 1.165) is 44.5 Å². The summed E-state index contributed by atoms with van der Waals surface area (Å²) in [5.74, 6) is 0.635. The van der Waals surface area contributed by atoms with Gasteiger partial charge in [-0.3, -0.25) is 4.79 Å². The van der Waals surface area contributed by atoms with Crippen molar-refractivity contribution < 1.29 is 9.18 Å². The molecule has 2 rings (SSSR count). The summed E-state index contributed by atoms with van der Waals surface area (Å²) >= 11 is 0. The van der Waals surface area contributed by atoms with Gasteiger partial charge < -0.3 is 10.2 Å². The third-order valence-corrected chi connectivity index (χ3v) is 3.97. The van der Waals surface area contributed by atoms with Gasteiger partial charge in [0.05, 0.1) is 0 Å². The van der Waals surface area contributed by atoms with E-state index in [1.165, 1.54) is 6.07 Å². The van der Waals surface area contributed by atoms with E-state index >= 15 is 0 Å². The molecule has 1 aromatic carbocycles. The second-order valence-electron chi connectivity index (χ2n) is 5.51. The molecule has 1 amide bonds. The van der Waals surface area contributed by atoms with Crippen LogP contribution >= 0.6 is 12.4 Å². The minimum absolute atomic E-state index is 0. The Labute approximate surface area is 132 Å². The van der Waals surface area contributed by atoms with Crippen molar-refractivity contribution in [2.45, 2.75) is 25.7 Å². The first-order valence-electron chi connectivity index (χ1n) is 7.36. The van der Waals surface area contributed by atoms with Gasteiger partial charge in [0.25, 0.3) is 0 Å². The van der Waals surface area contributed by atoms with E-state index in [2.05, 4.69) is 5.32 Å². The predicted octanol–water partition coefficient (Wildman–Crippen LogP) is 2.64. The van der Waals surface area contributed by atoms with Crippen molar-refractivity contribution in [2.24, 2.45) is 5.92 Å². The van der Waals surface area contributed by atoms with Crippen LogP contribution in [0.1, 0.15) is 24.8 Å². The highest BCUT2D eigenvalue weighted by molar-refractivity contribution is 5.85. The van der Waals surface area contributed by atoms with E-state index in [9.17, 15) is 9.18 Å². The maximum atomic E-state index is 13.1. The second kappa shape index (κ2) is 9.00. The minimum atomic E-state index is -0.165. The Morgan fingerprint density at radius 3 is 2.71 bits per heavy atom. The van der Waals surface area contributed by atoms with Gasteiger partial charge in [-0.05, 0) is 49.9 Å². The number of likely N-dealkylation sites (tertiary alicyclic amines) is 1. The number of carbonyl (C=O) groups excluding carboxylic acids is 1. The Morgan fingerprint density at radius 1 is 1.38 bits per heavy atom. The van der Waals surface area contributed by atoms with Crippen molar-refractivity contribution in [3.05, 3.63) is 35.6 Å². The molecule has 0 unspecified atom stereocenters. The number of rotatable bonds is 5. The molecule has 0 radical (unpaired) electrons. The standard InChI is InChI=1S/C16H23FN2O.ClH/c1-18-8-5-16(20)19-9-6-13(7-10-19)11-14-3-2-4-15(17)12-14;/h2-4,12-13,18H,5-11H2,1H3;1H. The Hall–Kier alpha value is -1.13. The molecule has 1 heterocycles. The molecule has 0 aliphatic carbocycles. The SMILES string of the molecule is CNCCC(=O)N1CCC(Cc2cccc(F)c2)CC1.Cl. The van der Waals surface area contributed by atoms with Crippen molar-refractivity contribution in [1.82, 2.24) is 10.2 Å². The molecule has 0 bridgehead atoms. The molecule has 1 aromatic rings.